The molecule has 7 heteroatoms. The van der Waals surface area contributed by atoms with E-state index in [-0.39, 0.29) is 32.7 Å². The first kappa shape index (κ1) is 21.2. The van der Waals surface area contributed by atoms with Crippen LogP contribution in [0.2, 0.25) is 10.0 Å². The SMILES string of the molecule is CCCCN1C(=O)C(=O)/C(=C(/O)c2cc(Cl)c(OC)c(Cl)c2)C1c1ccccc1. The van der Waals surface area contributed by atoms with Crippen molar-refractivity contribution in [2.24, 2.45) is 0 Å². The lowest BCUT2D eigenvalue weighted by atomic mass is 9.95. The molecule has 1 fully saturated rings. The molecule has 0 saturated carbocycles. The lowest BCUT2D eigenvalue weighted by Gasteiger charge is -2.25. The highest BCUT2D eigenvalue weighted by Crippen LogP contribution is 2.41. The molecule has 1 heterocycles. The van der Waals surface area contributed by atoms with E-state index < -0.39 is 17.7 Å². The first-order valence-corrected chi connectivity index (χ1v) is 10.0. The number of aliphatic hydroxyl groups is 1. The van der Waals surface area contributed by atoms with Crippen LogP contribution in [0.3, 0.4) is 0 Å². The summed E-state index contributed by atoms with van der Waals surface area (Å²) in [4.78, 5) is 27.1. The maximum atomic E-state index is 12.9. The van der Waals surface area contributed by atoms with Crippen molar-refractivity contribution in [3.63, 3.8) is 0 Å². The van der Waals surface area contributed by atoms with E-state index in [0.717, 1.165) is 18.4 Å². The van der Waals surface area contributed by atoms with Crippen LogP contribution in [0.25, 0.3) is 5.76 Å². The highest BCUT2D eigenvalue weighted by atomic mass is 35.5. The van der Waals surface area contributed by atoms with Gasteiger partial charge in [-0.1, -0.05) is 66.9 Å². The zero-order valence-electron chi connectivity index (χ0n) is 16.1. The Labute approximate surface area is 179 Å². The molecule has 0 spiro atoms. The number of likely N-dealkylation sites (tertiary alicyclic amines) is 1. The summed E-state index contributed by atoms with van der Waals surface area (Å²) in [5.41, 5.74) is 1.01. The lowest BCUT2D eigenvalue weighted by molar-refractivity contribution is -0.139. The number of amides is 1. The quantitative estimate of drug-likeness (QED) is 0.385. The zero-order chi connectivity index (χ0) is 21.1. The van der Waals surface area contributed by atoms with E-state index in [2.05, 4.69) is 0 Å². The summed E-state index contributed by atoms with van der Waals surface area (Å²) in [6.07, 6.45) is 1.62. The van der Waals surface area contributed by atoms with Crippen LogP contribution >= 0.6 is 23.2 Å². The molecule has 0 radical (unpaired) electrons. The predicted octanol–water partition coefficient (Wildman–Crippen LogP) is 5.22. The van der Waals surface area contributed by atoms with Crippen LogP contribution in [0.5, 0.6) is 5.75 Å². The van der Waals surface area contributed by atoms with Crippen LogP contribution in [0.1, 0.15) is 36.9 Å². The number of unbranched alkanes of at least 4 members (excludes halogenated alkanes) is 1. The smallest absolute Gasteiger partial charge is 0.295 e. The number of nitrogens with zero attached hydrogens (tertiary/aromatic N) is 1. The predicted molar refractivity (Wildman–Crippen MR) is 113 cm³/mol. The molecule has 1 saturated heterocycles. The topological polar surface area (TPSA) is 66.8 Å². The first-order chi connectivity index (χ1) is 13.9. The van der Waals surface area contributed by atoms with E-state index in [1.165, 1.54) is 24.1 Å². The summed E-state index contributed by atoms with van der Waals surface area (Å²) in [7, 11) is 1.43. The molecule has 1 unspecified atom stereocenters. The van der Waals surface area contributed by atoms with Crippen molar-refractivity contribution in [3.05, 3.63) is 69.2 Å². The van der Waals surface area contributed by atoms with Crippen molar-refractivity contribution in [2.75, 3.05) is 13.7 Å². The molecule has 0 aliphatic carbocycles. The summed E-state index contributed by atoms with van der Waals surface area (Å²) < 4.78 is 5.14. The van der Waals surface area contributed by atoms with Gasteiger partial charge < -0.3 is 14.7 Å². The van der Waals surface area contributed by atoms with Crippen molar-refractivity contribution < 1.29 is 19.4 Å². The van der Waals surface area contributed by atoms with Crippen molar-refractivity contribution >= 4 is 40.7 Å². The molecule has 1 aliphatic rings. The minimum absolute atomic E-state index is 0.0228. The molecule has 0 aromatic heterocycles. The van der Waals surface area contributed by atoms with Gasteiger partial charge in [0.15, 0.2) is 5.75 Å². The van der Waals surface area contributed by atoms with Gasteiger partial charge in [0.2, 0.25) is 0 Å². The number of ether oxygens (including phenoxy) is 1. The molecular weight excluding hydrogens is 413 g/mol. The molecule has 1 aliphatic heterocycles. The molecule has 1 atom stereocenters. The number of carbonyl (C=O) groups is 2. The van der Waals surface area contributed by atoms with Gasteiger partial charge in [0, 0.05) is 12.1 Å². The van der Waals surface area contributed by atoms with E-state index in [0.29, 0.717) is 6.54 Å². The highest BCUT2D eigenvalue weighted by molar-refractivity contribution is 6.46. The fraction of sp³-hybridized carbons (Fsp3) is 0.273. The van der Waals surface area contributed by atoms with Crippen molar-refractivity contribution in [1.82, 2.24) is 4.90 Å². The van der Waals surface area contributed by atoms with E-state index in [1.54, 1.807) is 0 Å². The number of hydrogen-bond acceptors (Lipinski definition) is 4. The molecule has 0 bridgehead atoms. The van der Waals surface area contributed by atoms with Gasteiger partial charge in [-0.25, -0.2) is 0 Å². The van der Waals surface area contributed by atoms with E-state index >= 15 is 0 Å². The number of halogens is 2. The molecular formula is C22H21Cl2NO4. The van der Waals surface area contributed by atoms with Gasteiger partial charge in [-0.15, -0.1) is 0 Å². The van der Waals surface area contributed by atoms with Gasteiger partial charge in [0.05, 0.1) is 28.8 Å². The Balaban J connectivity index is 2.18. The maximum absolute atomic E-state index is 12.9. The van der Waals surface area contributed by atoms with E-state index in [9.17, 15) is 14.7 Å². The minimum Gasteiger partial charge on any atom is -0.507 e. The number of carbonyl (C=O) groups excluding carboxylic acids is 2. The Bertz CT molecular complexity index is 949. The third-order valence-corrected chi connectivity index (χ3v) is 5.45. The number of hydrogen-bond donors (Lipinski definition) is 1. The van der Waals surface area contributed by atoms with Crippen LogP contribution in [-0.2, 0) is 9.59 Å². The Morgan fingerprint density at radius 2 is 1.76 bits per heavy atom. The molecule has 152 valence electrons. The van der Waals surface area contributed by atoms with Gasteiger partial charge in [-0.3, -0.25) is 9.59 Å². The van der Waals surface area contributed by atoms with Crippen molar-refractivity contribution in [3.8, 4) is 5.75 Å². The second kappa shape index (κ2) is 8.89. The minimum atomic E-state index is -0.726. The molecule has 2 aromatic rings. The van der Waals surface area contributed by atoms with Crippen LogP contribution < -0.4 is 4.74 Å². The van der Waals surface area contributed by atoms with Crippen LogP contribution in [-0.4, -0.2) is 35.4 Å². The summed E-state index contributed by atoms with van der Waals surface area (Å²) in [6, 6.07) is 11.4. The Morgan fingerprint density at radius 3 is 2.31 bits per heavy atom. The van der Waals surface area contributed by atoms with Gasteiger partial charge >= 0.3 is 0 Å². The van der Waals surface area contributed by atoms with Crippen LogP contribution in [0.4, 0.5) is 0 Å². The largest absolute Gasteiger partial charge is 0.507 e. The monoisotopic (exact) mass is 433 g/mol. The molecule has 1 N–H and O–H groups in total. The number of rotatable bonds is 6. The third kappa shape index (κ3) is 3.98. The van der Waals surface area contributed by atoms with Gasteiger partial charge in [0.25, 0.3) is 11.7 Å². The number of aliphatic hydroxyl groups excluding tert-OH is 1. The van der Waals surface area contributed by atoms with Gasteiger partial charge in [-0.05, 0) is 24.1 Å². The third-order valence-electron chi connectivity index (χ3n) is 4.88. The number of methoxy groups -OCH3 is 1. The second-order valence-corrected chi connectivity index (χ2v) is 7.54. The maximum Gasteiger partial charge on any atom is 0.295 e. The van der Waals surface area contributed by atoms with Gasteiger partial charge in [0.1, 0.15) is 5.76 Å². The average Bonchev–Trinajstić information content (AvgIpc) is 2.96. The molecule has 2 aromatic carbocycles. The summed E-state index contributed by atoms with van der Waals surface area (Å²) >= 11 is 12.4. The molecule has 5 nitrogen and oxygen atoms in total. The fourth-order valence-electron chi connectivity index (χ4n) is 3.47. The number of benzene rings is 2. The number of Topliss-reactive ketones (excluding diaryl/α,β-unsaturated/α-hetero) is 1. The lowest BCUT2D eigenvalue weighted by Crippen LogP contribution is -2.30. The Kier molecular flexibility index (Phi) is 6.50. The molecule has 3 rings (SSSR count). The Morgan fingerprint density at radius 1 is 1.14 bits per heavy atom. The van der Waals surface area contributed by atoms with E-state index in [1.807, 2.05) is 37.3 Å². The van der Waals surface area contributed by atoms with Crippen LogP contribution in [0, 0.1) is 0 Å². The molecule has 1 amide bonds. The summed E-state index contributed by atoms with van der Waals surface area (Å²) in [6.45, 7) is 2.43. The van der Waals surface area contributed by atoms with E-state index in [4.69, 9.17) is 27.9 Å². The fourth-order valence-corrected chi connectivity index (χ4v) is 4.11. The second-order valence-electron chi connectivity index (χ2n) is 6.73. The zero-order valence-corrected chi connectivity index (χ0v) is 17.6. The van der Waals surface area contributed by atoms with Crippen molar-refractivity contribution in [2.45, 2.75) is 25.8 Å². The Hall–Kier alpha value is -2.50. The molecule has 29 heavy (non-hydrogen) atoms. The number of ketones is 1. The normalized spacial score (nSPS) is 18.3. The van der Waals surface area contributed by atoms with Crippen LogP contribution in [0.15, 0.2) is 48.0 Å². The van der Waals surface area contributed by atoms with Crippen molar-refractivity contribution in [1.29, 1.82) is 0 Å². The highest BCUT2D eigenvalue weighted by Gasteiger charge is 2.45. The average molecular weight is 434 g/mol. The van der Waals surface area contributed by atoms with Gasteiger partial charge in [-0.2, -0.15) is 0 Å². The summed E-state index contributed by atoms with van der Waals surface area (Å²) in [5.74, 6) is -1.40. The standard InChI is InChI=1S/C22H21Cl2NO4/c1-3-4-10-25-18(13-8-6-5-7-9-13)17(20(27)22(25)28)19(26)14-11-15(23)21(29-2)16(24)12-14/h5-9,11-12,18,26H,3-4,10H2,1-2H3/b19-17+. The summed E-state index contributed by atoms with van der Waals surface area (Å²) in [5, 5.41) is 11.4. The first-order valence-electron chi connectivity index (χ1n) is 9.27.